The second-order valence-corrected chi connectivity index (χ2v) is 5.52. The molecule has 1 fully saturated rings. The maximum absolute atomic E-state index is 12.4. The summed E-state index contributed by atoms with van der Waals surface area (Å²) in [6.45, 7) is 4.29. The van der Waals surface area contributed by atoms with E-state index < -0.39 is 0 Å². The summed E-state index contributed by atoms with van der Waals surface area (Å²) < 4.78 is 0. The summed E-state index contributed by atoms with van der Waals surface area (Å²) in [5.74, 6) is 0.180. The summed E-state index contributed by atoms with van der Waals surface area (Å²) in [7, 11) is 0. The van der Waals surface area contributed by atoms with E-state index in [0.717, 1.165) is 18.4 Å². The average molecular weight is 262 g/mol. The van der Waals surface area contributed by atoms with Crippen molar-refractivity contribution in [2.24, 2.45) is 11.7 Å². The van der Waals surface area contributed by atoms with Crippen LogP contribution in [0.15, 0.2) is 24.3 Å². The van der Waals surface area contributed by atoms with Crippen molar-refractivity contribution in [3.05, 3.63) is 29.8 Å². The summed E-state index contributed by atoms with van der Waals surface area (Å²) >= 11 is 0. The first-order chi connectivity index (χ1) is 8.99. The van der Waals surface area contributed by atoms with Crippen LogP contribution in [0.3, 0.4) is 0 Å². The molecule has 4 nitrogen and oxygen atoms in total. The first-order valence-corrected chi connectivity index (χ1v) is 6.83. The van der Waals surface area contributed by atoms with Gasteiger partial charge in [0.05, 0.1) is 5.92 Å². The molecule has 0 aromatic heterocycles. The molecule has 2 unspecified atom stereocenters. The molecule has 0 bridgehead atoms. The second-order valence-electron chi connectivity index (χ2n) is 5.52. The van der Waals surface area contributed by atoms with Crippen LogP contribution in [0.2, 0.25) is 0 Å². The number of hydrogen-bond acceptors (Lipinski definition) is 3. The highest BCUT2D eigenvalue weighted by molar-refractivity contribution is 5.79. The third-order valence-corrected chi connectivity index (χ3v) is 3.71. The van der Waals surface area contributed by atoms with Crippen LogP contribution in [0.4, 0.5) is 0 Å². The van der Waals surface area contributed by atoms with E-state index in [4.69, 9.17) is 5.73 Å². The standard InChI is InChI=1S/C15H22N2O2/c1-10(11(2)16)15(19)17(13-6-7-13)9-12-4-3-5-14(18)8-12/h3-5,8,10-11,13,18H,6-7,9,16H2,1-2H3. The van der Waals surface area contributed by atoms with Crippen LogP contribution in [-0.2, 0) is 11.3 Å². The van der Waals surface area contributed by atoms with Crippen molar-refractivity contribution in [3.8, 4) is 5.75 Å². The number of carbonyl (C=O) groups is 1. The fourth-order valence-corrected chi connectivity index (χ4v) is 2.11. The van der Waals surface area contributed by atoms with Crippen LogP contribution in [-0.4, -0.2) is 28.0 Å². The normalized spacial score (nSPS) is 17.8. The number of nitrogens with two attached hydrogens (primary N) is 1. The van der Waals surface area contributed by atoms with Gasteiger partial charge in [0, 0.05) is 18.6 Å². The molecule has 0 spiro atoms. The second kappa shape index (κ2) is 5.61. The van der Waals surface area contributed by atoms with Crippen molar-refractivity contribution in [1.29, 1.82) is 0 Å². The highest BCUT2D eigenvalue weighted by atomic mass is 16.3. The zero-order chi connectivity index (χ0) is 14.0. The fraction of sp³-hybridized carbons (Fsp3) is 0.533. The summed E-state index contributed by atoms with van der Waals surface area (Å²) in [5.41, 5.74) is 6.78. The van der Waals surface area contributed by atoms with E-state index in [1.165, 1.54) is 0 Å². The SMILES string of the molecule is CC(N)C(C)C(=O)N(Cc1cccc(O)c1)C1CC1. The van der Waals surface area contributed by atoms with Gasteiger partial charge in [0.1, 0.15) is 5.75 Å². The van der Waals surface area contributed by atoms with Gasteiger partial charge in [-0.25, -0.2) is 0 Å². The Morgan fingerprint density at radius 1 is 1.47 bits per heavy atom. The summed E-state index contributed by atoms with van der Waals surface area (Å²) in [6.07, 6.45) is 2.13. The van der Waals surface area contributed by atoms with E-state index in [2.05, 4.69) is 0 Å². The Morgan fingerprint density at radius 2 is 2.16 bits per heavy atom. The minimum atomic E-state index is -0.169. The molecule has 19 heavy (non-hydrogen) atoms. The molecule has 3 N–H and O–H groups in total. The Kier molecular flexibility index (Phi) is 4.10. The lowest BCUT2D eigenvalue weighted by atomic mass is 10.0. The lowest BCUT2D eigenvalue weighted by Crippen LogP contribution is -2.42. The third kappa shape index (κ3) is 3.47. The first-order valence-electron chi connectivity index (χ1n) is 6.83. The molecule has 0 saturated heterocycles. The van der Waals surface area contributed by atoms with E-state index >= 15 is 0 Å². The molecule has 1 aromatic carbocycles. The number of aromatic hydroxyl groups is 1. The van der Waals surface area contributed by atoms with Gasteiger partial charge in [-0.1, -0.05) is 19.1 Å². The third-order valence-electron chi connectivity index (χ3n) is 3.71. The van der Waals surface area contributed by atoms with Gasteiger partial charge in [0.25, 0.3) is 0 Å². The van der Waals surface area contributed by atoms with Crippen LogP contribution < -0.4 is 5.73 Å². The van der Waals surface area contributed by atoms with Crippen LogP contribution >= 0.6 is 0 Å². The Bertz CT molecular complexity index is 455. The van der Waals surface area contributed by atoms with Gasteiger partial charge in [-0.15, -0.1) is 0 Å². The van der Waals surface area contributed by atoms with Crippen molar-refractivity contribution in [3.63, 3.8) is 0 Å². The molecule has 2 rings (SSSR count). The number of rotatable bonds is 5. The Morgan fingerprint density at radius 3 is 2.68 bits per heavy atom. The highest BCUT2D eigenvalue weighted by Gasteiger charge is 2.35. The van der Waals surface area contributed by atoms with E-state index in [1.807, 2.05) is 24.8 Å². The zero-order valence-electron chi connectivity index (χ0n) is 11.5. The van der Waals surface area contributed by atoms with E-state index in [0.29, 0.717) is 12.6 Å². The lowest BCUT2D eigenvalue weighted by molar-refractivity contribution is -0.136. The van der Waals surface area contributed by atoms with Crippen LogP contribution in [0.25, 0.3) is 0 Å². The van der Waals surface area contributed by atoms with Gasteiger partial charge in [-0.3, -0.25) is 4.79 Å². The molecular formula is C15H22N2O2. The van der Waals surface area contributed by atoms with Crippen LogP contribution in [0.1, 0.15) is 32.3 Å². The van der Waals surface area contributed by atoms with Gasteiger partial charge in [0.2, 0.25) is 5.91 Å². The molecule has 0 radical (unpaired) electrons. The predicted octanol–water partition coefficient (Wildman–Crippen LogP) is 1.87. The molecule has 1 aliphatic rings. The van der Waals surface area contributed by atoms with Gasteiger partial charge in [0.15, 0.2) is 0 Å². The fourth-order valence-electron chi connectivity index (χ4n) is 2.11. The van der Waals surface area contributed by atoms with Crippen LogP contribution in [0, 0.1) is 5.92 Å². The minimum absolute atomic E-state index is 0.112. The van der Waals surface area contributed by atoms with E-state index in [-0.39, 0.29) is 23.6 Å². The van der Waals surface area contributed by atoms with Crippen molar-refractivity contribution < 1.29 is 9.90 Å². The van der Waals surface area contributed by atoms with Gasteiger partial charge < -0.3 is 15.7 Å². The van der Waals surface area contributed by atoms with Gasteiger partial charge >= 0.3 is 0 Å². The molecule has 1 aromatic rings. The summed E-state index contributed by atoms with van der Waals surface area (Å²) in [6, 6.07) is 7.28. The molecule has 0 heterocycles. The monoisotopic (exact) mass is 262 g/mol. The molecular weight excluding hydrogens is 240 g/mol. The molecule has 4 heteroatoms. The maximum atomic E-state index is 12.4. The van der Waals surface area contributed by atoms with Crippen molar-refractivity contribution >= 4 is 5.91 Å². The highest BCUT2D eigenvalue weighted by Crippen LogP contribution is 2.30. The van der Waals surface area contributed by atoms with Crippen molar-refractivity contribution in [1.82, 2.24) is 4.90 Å². The Labute approximate surface area is 114 Å². The quantitative estimate of drug-likeness (QED) is 0.851. The summed E-state index contributed by atoms with van der Waals surface area (Å²) in [5, 5.41) is 9.49. The number of hydrogen-bond donors (Lipinski definition) is 2. The van der Waals surface area contributed by atoms with E-state index in [1.54, 1.807) is 18.2 Å². The number of phenols is 1. The Hall–Kier alpha value is -1.55. The van der Waals surface area contributed by atoms with Crippen molar-refractivity contribution in [2.75, 3.05) is 0 Å². The molecule has 1 amide bonds. The number of nitrogens with zero attached hydrogens (tertiary/aromatic N) is 1. The van der Waals surface area contributed by atoms with Crippen LogP contribution in [0.5, 0.6) is 5.75 Å². The largest absolute Gasteiger partial charge is 0.508 e. The zero-order valence-corrected chi connectivity index (χ0v) is 11.5. The van der Waals surface area contributed by atoms with Gasteiger partial charge in [-0.2, -0.15) is 0 Å². The van der Waals surface area contributed by atoms with Crippen molar-refractivity contribution in [2.45, 2.75) is 45.3 Å². The van der Waals surface area contributed by atoms with E-state index in [9.17, 15) is 9.90 Å². The molecule has 2 atom stereocenters. The predicted molar refractivity (Wildman–Crippen MR) is 74.5 cm³/mol. The smallest absolute Gasteiger partial charge is 0.227 e. The minimum Gasteiger partial charge on any atom is -0.508 e. The lowest BCUT2D eigenvalue weighted by Gasteiger charge is -2.27. The average Bonchev–Trinajstić information content (AvgIpc) is 3.18. The molecule has 1 aliphatic carbocycles. The Balaban J connectivity index is 2.10. The topological polar surface area (TPSA) is 66.6 Å². The maximum Gasteiger partial charge on any atom is 0.227 e. The number of phenolic OH excluding ortho intramolecular Hbond substituents is 1. The molecule has 1 saturated carbocycles. The molecule has 0 aliphatic heterocycles. The number of benzene rings is 1. The summed E-state index contributed by atoms with van der Waals surface area (Å²) in [4.78, 5) is 14.3. The first kappa shape index (κ1) is 13.9. The van der Waals surface area contributed by atoms with Gasteiger partial charge in [-0.05, 0) is 37.5 Å². The number of carbonyl (C=O) groups excluding carboxylic acids is 1. The number of amides is 1. The molecule has 104 valence electrons.